The van der Waals surface area contributed by atoms with Crippen LogP contribution in [-0.2, 0) is 4.74 Å². The molecule has 27 heavy (non-hydrogen) atoms. The molecule has 0 saturated heterocycles. The fourth-order valence-electron chi connectivity index (χ4n) is 2.96. The number of hydrogen-bond donors (Lipinski definition) is 1. The number of benzene rings is 2. The fraction of sp³-hybridized carbons (Fsp3) is 0.409. The van der Waals surface area contributed by atoms with Gasteiger partial charge in [-0.2, -0.15) is 0 Å². The van der Waals surface area contributed by atoms with Gasteiger partial charge in [0.05, 0.1) is 12.3 Å². The van der Waals surface area contributed by atoms with Crippen LogP contribution in [0.15, 0.2) is 42.5 Å². The lowest BCUT2D eigenvalue weighted by Gasteiger charge is -2.16. The molecule has 0 spiro atoms. The quantitative estimate of drug-likeness (QED) is 0.455. The van der Waals surface area contributed by atoms with Gasteiger partial charge in [-0.1, -0.05) is 63.3 Å². The van der Waals surface area contributed by atoms with Gasteiger partial charge in [-0.25, -0.2) is 9.18 Å². The standard InChI is InChI=1S/C22H27ClFNO2/c1-3-5-6-8-16(4-2)15-27-22(26)25-21-14-19(24)11-12-20(21)17-9-7-10-18(23)13-17/h7,9-14,16H,3-6,8,15H2,1-2H3,(H,25,26). The smallest absolute Gasteiger partial charge is 0.411 e. The lowest BCUT2D eigenvalue weighted by atomic mass is 10.00. The summed E-state index contributed by atoms with van der Waals surface area (Å²) in [4.78, 5) is 12.2. The largest absolute Gasteiger partial charge is 0.449 e. The molecule has 3 nitrogen and oxygen atoms in total. The molecule has 0 fully saturated rings. The van der Waals surface area contributed by atoms with Crippen molar-refractivity contribution in [2.24, 2.45) is 5.92 Å². The highest BCUT2D eigenvalue weighted by atomic mass is 35.5. The molecule has 0 saturated carbocycles. The Morgan fingerprint density at radius 3 is 2.70 bits per heavy atom. The monoisotopic (exact) mass is 391 g/mol. The Kier molecular flexibility index (Phi) is 8.59. The van der Waals surface area contributed by atoms with Crippen molar-refractivity contribution < 1.29 is 13.9 Å². The molecule has 2 aromatic rings. The van der Waals surface area contributed by atoms with Gasteiger partial charge < -0.3 is 4.74 Å². The highest BCUT2D eigenvalue weighted by molar-refractivity contribution is 6.30. The topological polar surface area (TPSA) is 38.3 Å². The van der Waals surface area contributed by atoms with Gasteiger partial charge in [0.15, 0.2) is 0 Å². The minimum absolute atomic E-state index is 0.349. The van der Waals surface area contributed by atoms with Crippen molar-refractivity contribution in [2.75, 3.05) is 11.9 Å². The van der Waals surface area contributed by atoms with Crippen LogP contribution in [0.5, 0.6) is 0 Å². The molecule has 2 rings (SSSR count). The van der Waals surface area contributed by atoms with Gasteiger partial charge in [0.25, 0.3) is 0 Å². The van der Waals surface area contributed by atoms with E-state index in [1.807, 2.05) is 12.1 Å². The number of nitrogens with one attached hydrogen (secondary N) is 1. The minimum atomic E-state index is -0.571. The fourth-order valence-corrected chi connectivity index (χ4v) is 3.15. The molecule has 1 N–H and O–H groups in total. The van der Waals surface area contributed by atoms with Crippen LogP contribution in [0, 0.1) is 11.7 Å². The molecule has 1 atom stereocenters. The number of ether oxygens (including phenoxy) is 1. The van der Waals surface area contributed by atoms with Crippen LogP contribution in [-0.4, -0.2) is 12.7 Å². The number of anilines is 1. The van der Waals surface area contributed by atoms with Gasteiger partial charge in [0.1, 0.15) is 5.82 Å². The van der Waals surface area contributed by atoms with E-state index in [9.17, 15) is 9.18 Å². The Balaban J connectivity index is 2.03. The third-order valence-electron chi connectivity index (χ3n) is 4.60. The molecular formula is C22H27ClFNO2. The first-order valence-corrected chi connectivity index (χ1v) is 9.90. The second-order valence-corrected chi connectivity index (χ2v) is 7.13. The summed E-state index contributed by atoms with van der Waals surface area (Å²) < 4.78 is 19.1. The maximum Gasteiger partial charge on any atom is 0.411 e. The second kappa shape index (κ2) is 10.9. The van der Waals surface area contributed by atoms with Crippen molar-refractivity contribution >= 4 is 23.4 Å². The summed E-state index contributed by atoms with van der Waals surface area (Å²) in [6.45, 7) is 4.64. The van der Waals surface area contributed by atoms with E-state index in [0.29, 0.717) is 28.8 Å². The molecule has 146 valence electrons. The maximum absolute atomic E-state index is 13.7. The molecule has 5 heteroatoms. The zero-order valence-electron chi connectivity index (χ0n) is 15.9. The molecule has 0 radical (unpaired) electrons. The van der Waals surface area contributed by atoms with Crippen LogP contribution >= 0.6 is 11.6 Å². The Bertz CT molecular complexity index is 751. The summed E-state index contributed by atoms with van der Waals surface area (Å²) in [6.07, 6.45) is 4.94. The molecular weight excluding hydrogens is 365 g/mol. The Labute approximate surface area is 165 Å². The van der Waals surface area contributed by atoms with Crippen LogP contribution in [0.25, 0.3) is 11.1 Å². The van der Waals surface area contributed by atoms with Crippen LogP contribution in [0.4, 0.5) is 14.9 Å². The molecule has 0 aromatic heterocycles. The van der Waals surface area contributed by atoms with E-state index in [2.05, 4.69) is 19.2 Å². The van der Waals surface area contributed by atoms with Gasteiger partial charge in [-0.3, -0.25) is 5.32 Å². The molecule has 1 amide bonds. The van der Waals surface area contributed by atoms with E-state index in [1.54, 1.807) is 18.2 Å². The van der Waals surface area contributed by atoms with E-state index in [4.69, 9.17) is 16.3 Å². The first-order chi connectivity index (χ1) is 13.0. The molecule has 1 unspecified atom stereocenters. The summed E-state index contributed by atoms with van der Waals surface area (Å²) in [6, 6.07) is 11.5. The van der Waals surface area contributed by atoms with E-state index in [0.717, 1.165) is 24.8 Å². The zero-order valence-corrected chi connectivity index (χ0v) is 16.7. The second-order valence-electron chi connectivity index (χ2n) is 6.69. The van der Waals surface area contributed by atoms with Gasteiger partial charge in [0, 0.05) is 10.6 Å². The van der Waals surface area contributed by atoms with E-state index in [-0.39, 0.29) is 0 Å². The third-order valence-corrected chi connectivity index (χ3v) is 4.83. The average Bonchev–Trinajstić information content (AvgIpc) is 2.64. The normalized spacial score (nSPS) is 11.9. The third kappa shape index (κ3) is 6.87. The van der Waals surface area contributed by atoms with Crippen molar-refractivity contribution in [2.45, 2.75) is 46.0 Å². The van der Waals surface area contributed by atoms with Crippen molar-refractivity contribution in [1.29, 1.82) is 0 Å². The summed E-state index contributed by atoms with van der Waals surface area (Å²) >= 11 is 6.05. The highest BCUT2D eigenvalue weighted by Gasteiger charge is 2.13. The molecule has 0 aliphatic heterocycles. The predicted octanol–water partition coefficient (Wildman–Crippen LogP) is 7.30. The SMILES string of the molecule is CCCCCC(CC)COC(=O)Nc1cc(F)ccc1-c1cccc(Cl)c1. The molecule has 2 aromatic carbocycles. The lowest BCUT2D eigenvalue weighted by Crippen LogP contribution is -2.19. The van der Waals surface area contributed by atoms with Gasteiger partial charge >= 0.3 is 6.09 Å². The van der Waals surface area contributed by atoms with E-state index < -0.39 is 11.9 Å². The van der Waals surface area contributed by atoms with Gasteiger partial charge in [0.2, 0.25) is 0 Å². The van der Waals surface area contributed by atoms with E-state index >= 15 is 0 Å². The highest BCUT2D eigenvalue weighted by Crippen LogP contribution is 2.30. The van der Waals surface area contributed by atoms with Crippen molar-refractivity contribution in [3.05, 3.63) is 53.3 Å². The number of amides is 1. The average molecular weight is 392 g/mol. The Hall–Kier alpha value is -2.07. The van der Waals surface area contributed by atoms with E-state index in [1.165, 1.54) is 25.0 Å². The number of halogens is 2. The van der Waals surface area contributed by atoms with Crippen molar-refractivity contribution in [1.82, 2.24) is 0 Å². The first-order valence-electron chi connectivity index (χ1n) is 9.52. The minimum Gasteiger partial charge on any atom is -0.449 e. The zero-order chi connectivity index (χ0) is 19.6. The van der Waals surface area contributed by atoms with Crippen LogP contribution in [0.3, 0.4) is 0 Å². The van der Waals surface area contributed by atoms with Crippen molar-refractivity contribution in [3.8, 4) is 11.1 Å². The summed E-state index contributed by atoms with van der Waals surface area (Å²) in [7, 11) is 0. The Morgan fingerprint density at radius 1 is 1.19 bits per heavy atom. The Morgan fingerprint density at radius 2 is 2.00 bits per heavy atom. The number of carbonyl (C=O) groups is 1. The number of hydrogen-bond acceptors (Lipinski definition) is 2. The lowest BCUT2D eigenvalue weighted by molar-refractivity contribution is 0.136. The van der Waals surface area contributed by atoms with Crippen molar-refractivity contribution in [3.63, 3.8) is 0 Å². The number of carbonyl (C=O) groups excluding carboxylic acids is 1. The van der Waals surface area contributed by atoms with Crippen LogP contribution in [0.1, 0.15) is 46.0 Å². The predicted molar refractivity (Wildman–Crippen MR) is 110 cm³/mol. The number of rotatable bonds is 9. The summed E-state index contributed by atoms with van der Waals surface area (Å²) in [5, 5.41) is 3.24. The molecule has 0 bridgehead atoms. The maximum atomic E-state index is 13.7. The summed E-state index contributed by atoms with van der Waals surface area (Å²) in [5.41, 5.74) is 1.84. The van der Waals surface area contributed by atoms with Gasteiger partial charge in [-0.15, -0.1) is 0 Å². The van der Waals surface area contributed by atoms with Crippen LogP contribution in [0.2, 0.25) is 5.02 Å². The van der Waals surface area contributed by atoms with Gasteiger partial charge in [-0.05, 0) is 48.2 Å². The molecule has 0 heterocycles. The van der Waals surface area contributed by atoms with Crippen LogP contribution < -0.4 is 5.32 Å². The molecule has 0 aliphatic rings. The first kappa shape index (κ1) is 21.2. The number of unbranched alkanes of at least 4 members (excludes halogenated alkanes) is 2. The summed E-state index contributed by atoms with van der Waals surface area (Å²) in [5.74, 6) is -0.0794. The molecule has 0 aliphatic carbocycles.